The summed E-state index contributed by atoms with van der Waals surface area (Å²) in [6.45, 7) is 1.32. The molecule has 0 aromatic carbocycles. The van der Waals surface area contributed by atoms with Crippen LogP contribution < -0.4 is 5.32 Å². The van der Waals surface area contributed by atoms with Crippen LogP contribution in [0.5, 0.6) is 0 Å². The fourth-order valence-corrected chi connectivity index (χ4v) is 3.98. The van der Waals surface area contributed by atoms with Gasteiger partial charge < -0.3 is 20.4 Å². The van der Waals surface area contributed by atoms with Crippen molar-refractivity contribution < 1.29 is 19.8 Å². The molecule has 2 amide bonds. The molecule has 2 rings (SSSR count). The van der Waals surface area contributed by atoms with Gasteiger partial charge in [0.25, 0.3) is 0 Å². The quantitative estimate of drug-likeness (QED) is 0.505. The van der Waals surface area contributed by atoms with Crippen LogP contribution in [0.2, 0.25) is 0 Å². The molecule has 2 aliphatic rings. The van der Waals surface area contributed by atoms with Crippen LogP contribution in [0, 0.1) is 5.92 Å². The van der Waals surface area contributed by atoms with Gasteiger partial charge >= 0.3 is 12.0 Å². The van der Waals surface area contributed by atoms with Crippen LogP contribution in [0.4, 0.5) is 4.79 Å². The molecule has 1 saturated carbocycles. The van der Waals surface area contributed by atoms with Crippen LogP contribution in [0.25, 0.3) is 0 Å². The number of nitrogens with one attached hydrogen (secondary N) is 1. The second-order valence-corrected chi connectivity index (χ2v) is 7.28. The zero-order valence-corrected chi connectivity index (χ0v) is 14.6. The van der Waals surface area contributed by atoms with Crippen molar-refractivity contribution in [3.05, 3.63) is 0 Å². The highest BCUT2D eigenvalue weighted by molar-refractivity contribution is 5.76. The number of unbranched alkanes of at least 4 members (excludes halogenated alkanes) is 3. The number of rotatable bonds is 11. The maximum Gasteiger partial charge on any atom is 0.317 e. The molecular formula is C18H32N2O4. The Hall–Kier alpha value is -1.30. The Morgan fingerprint density at radius 2 is 1.92 bits per heavy atom. The third-order valence-electron chi connectivity index (χ3n) is 5.48. The fourth-order valence-electron chi connectivity index (χ4n) is 3.98. The summed E-state index contributed by atoms with van der Waals surface area (Å²) < 4.78 is 0. The standard InChI is InChI=1S/C18H32N2O4/c21-16(14-7-5-6-8-14)11-12-20-15(13-19-18(20)24)9-3-1-2-4-10-17(22)23/h14-16,21H,1-13H2,(H,19,24)(H,22,23). The smallest absolute Gasteiger partial charge is 0.317 e. The van der Waals surface area contributed by atoms with Gasteiger partial charge in [-0.05, 0) is 38.0 Å². The molecule has 0 aromatic heterocycles. The molecule has 6 nitrogen and oxygen atoms in total. The van der Waals surface area contributed by atoms with Gasteiger partial charge in [-0.1, -0.05) is 32.1 Å². The summed E-state index contributed by atoms with van der Waals surface area (Å²) in [5.41, 5.74) is 0. The molecule has 138 valence electrons. The van der Waals surface area contributed by atoms with E-state index in [1.54, 1.807) is 0 Å². The third-order valence-corrected chi connectivity index (χ3v) is 5.48. The number of carboxylic acid groups (broad SMARTS) is 1. The van der Waals surface area contributed by atoms with Crippen LogP contribution in [-0.4, -0.2) is 52.3 Å². The molecule has 3 N–H and O–H groups in total. The van der Waals surface area contributed by atoms with Crippen LogP contribution >= 0.6 is 0 Å². The molecule has 0 bridgehead atoms. The summed E-state index contributed by atoms with van der Waals surface area (Å²) in [6.07, 6.45) is 9.95. The minimum atomic E-state index is -0.729. The van der Waals surface area contributed by atoms with E-state index in [-0.39, 0.29) is 24.6 Å². The summed E-state index contributed by atoms with van der Waals surface area (Å²) in [6, 6.07) is 0.206. The van der Waals surface area contributed by atoms with E-state index >= 15 is 0 Å². The van der Waals surface area contributed by atoms with Crippen molar-refractivity contribution in [2.75, 3.05) is 13.1 Å². The van der Waals surface area contributed by atoms with Crippen molar-refractivity contribution in [1.82, 2.24) is 10.2 Å². The first kappa shape index (κ1) is 19.0. The number of carbonyl (C=O) groups is 2. The van der Waals surface area contributed by atoms with Gasteiger partial charge in [0.1, 0.15) is 0 Å². The molecular weight excluding hydrogens is 308 g/mol. The zero-order valence-electron chi connectivity index (χ0n) is 14.6. The predicted octanol–water partition coefficient (Wildman–Crippen LogP) is 2.75. The number of carbonyl (C=O) groups excluding carboxylic acids is 1. The Balaban J connectivity index is 1.64. The van der Waals surface area contributed by atoms with Gasteiger partial charge in [0.15, 0.2) is 0 Å². The van der Waals surface area contributed by atoms with Gasteiger partial charge in [0, 0.05) is 19.5 Å². The van der Waals surface area contributed by atoms with E-state index in [0.717, 1.165) is 44.9 Å². The number of nitrogens with zero attached hydrogens (tertiary/aromatic N) is 1. The number of aliphatic carboxylic acids is 1. The van der Waals surface area contributed by atoms with Gasteiger partial charge in [-0.2, -0.15) is 0 Å². The average Bonchev–Trinajstić information content (AvgIpc) is 3.19. The second-order valence-electron chi connectivity index (χ2n) is 7.28. The number of amides is 2. The van der Waals surface area contributed by atoms with Crippen LogP contribution in [0.1, 0.15) is 70.6 Å². The third kappa shape index (κ3) is 5.96. The molecule has 2 atom stereocenters. The number of carboxylic acids is 1. The minimum absolute atomic E-state index is 0.00972. The van der Waals surface area contributed by atoms with Gasteiger partial charge in [-0.25, -0.2) is 4.79 Å². The van der Waals surface area contributed by atoms with Crippen molar-refractivity contribution in [1.29, 1.82) is 0 Å². The summed E-state index contributed by atoms with van der Waals surface area (Å²) in [4.78, 5) is 24.4. The van der Waals surface area contributed by atoms with E-state index in [1.807, 2.05) is 4.90 Å². The molecule has 2 fully saturated rings. The largest absolute Gasteiger partial charge is 0.481 e. The molecule has 1 aliphatic carbocycles. The van der Waals surface area contributed by atoms with E-state index in [4.69, 9.17) is 5.11 Å². The highest BCUT2D eigenvalue weighted by atomic mass is 16.4. The molecule has 0 spiro atoms. The summed E-state index contributed by atoms with van der Waals surface area (Å²) in [7, 11) is 0. The summed E-state index contributed by atoms with van der Waals surface area (Å²) >= 11 is 0. The van der Waals surface area contributed by atoms with Crippen molar-refractivity contribution in [2.45, 2.75) is 82.8 Å². The number of aliphatic hydroxyl groups excluding tert-OH is 1. The lowest BCUT2D eigenvalue weighted by atomic mass is 9.98. The lowest BCUT2D eigenvalue weighted by molar-refractivity contribution is -0.137. The Morgan fingerprint density at radius 3 is 2.62 bits per heavy atom. The number of aliphatic hydroxyl groups is 1. The normalized spacial score (nSPS) is 22.8. The molecule has 2 unspecified atom stereocenters. The van der Waals surface area contributed by atoms with Gasteiger partial charge in [0.2, 0.25) is 0 Å². The highest BCUT2D eigenvalue weighted by Gasteiger charge is 2.31. The first-order valence-electron chi connectivity index (χ1n) is 9.52. The summed E-state index contributed by atoms with van der Waals surface area (Å²) in [5, 5.41) is 21.8. The van der Waals surface area contributed by atoms with Crippen molar-refractivity contribution in [3.63, 3.8) is 0 Å². The summed E-state index contributed by atoms with van der Waals surface area (Å²) in [5.74, 6) is -0.309. The Morgan fingerprint density at radius 1 is 1.21 bits per heavy atom. The molecule has 24 heavy (non-hydrogen) atoms. The monoisotopic (exact) mass is 340 g/mol. The molecule has 1 saturated heterocycles. The van der Waals surface area contributed by atoms with E-state index in [1.165, 1.54) is 12.8 Å². The van der Waals surface area contributed by atoms with E-state index < -0.39 is 5.97 Å². The Labute approximate surface area is 144 Å². The van der Waals surface area contributed by atoms with Crippen LogP contribution in [0.15, 0.2) is 0 Å². The maximum atomic E-state index is 12.0. The minimum Gasteiger partial charge on any atom is -0.481 e. The van der Waals surface area contributed by atoms with E-state index in [0.29, 0.717) is 25.4 Å². The SMILES string of the molecule is O=C(O)CCCCCCC1CNC(=O)N1CCC(O)C1CCCC1. The van der Waals surface area contributed by atoms with Crippen LogP contribution in [0.3, 0.4) is 0 Å². The van der Waals surface area contributed by atoms with Gasteiger partial charge in [0.05, 0.1) is 12.1 Å². The topological polar surface area (TPSA) is 89.9 Å². The Bertz CT molecular complexity index is 410. The molecule has 1 heterocycles. The van der Waals surface area contributed by atoms with E-state index in [2.05, 4.69) is 5.32 Å². The number of urea groups is 1. The number of hydrogen-bond acceptors (Lipinski definition) is 3. The molecule has 6 heteroatoms. The lowest BCUT2D eigenvalue weighted by Gasteiger charge is -2.26. The average molecular weight is 340 g/mol. The van der Waals surface area contributed by atoms with Gasteiger partial charge in [-0.15, -0.1) is 0 Å². The lowest BCUT2D eigenvalue weighted by Crippen LogP contribution is -2.37. The first-order chi connectivity index (χ1) is 11.6. The predicted molar refractivity (Wildman–Crippen MR) is 91.8 cm³/mol. The van der Waals surface area contributed by atoms with Crippen molar-refractivity contribution in [2.24, 2.45) is 5.92 Å². The highest BCUT2D eigenvalue weighted by Crippen LogP contribution is 2.29. The van der Waals surface area contributed by atoms with E-state index in [9.17, 15) is 14.7 Å². The molecule has 0 aromatic rings. The van der Waals surface area contributed by atoms with Crippen LogP contribution in [-0.2, 0) is 4.79 Å². The van der Waals surface area contributed by atoms with Crippen molar-refractivity contribution in [3.8, 4) is 0 Å². The Kier molecular flexibility index (Phi) is 7.82. The zero-order chi connectivity index (χ0) is 17.4. The fraction of sp³-hybridized carbons (Fsp3) is 0.889. The number of hydrogen-bond donors (Lipinski definition) is 3. The van der Waals surface area contributed by atoms with Crippen molar-refractivity contribution >= 4 is 12.0 Å². The first-order valence-corrected chi connectivity index (χ1v) is 9.52. The maximum absolute atomic E-state index is 12.0. The van der Waals surface area contributed by atoms with Gasteiger partial charge in [-0.3, -0.25) is 4.79 Å². The second kappa shape index (κ2) is 9.87. The molecule has 1 aliphatic heterocycles. The molecule has 0 radical (unpaired) electrons.